The van der Waals surface area contributed by atoms with Crippen molar-refractivity contribution in [3.8, 4) is 0 Å². The van der Waals surface area contributed by atoms with E-state index < -0.39 is 0 Å². The van der Waals surface area contributed by atoms with Crippen LogP contribution in [0.25, 0.3) is 0 Å². The molecule has 0 amide bonds. The second-order valence-electron chi connectivity index (χ2n) is 0.789. The summed E-state index contributed by atoms with van der Waals surface area (Å²) in [6.07, 6.45) is 3.80. The van der Waals surface area contributed by atoms with Gasteiger partial charge in [-0.1, -0.05) is 21.0 Å². The van der Waals surface area contributed by atoms with Gasteiger partial charge in [0.05, 0.1) is 0 Å². The molecule has 2 heteroatoms. The van der Waals surface area contributed by atoms with Crippen LogP contribution < -0.4 is 0 Å². The van der Waals surface area contributed by atoms with E-state index in [9.17, 15) is 0 Å². The van der Waals surface area contributed by atoms with Gasteiger partial charge in [0.25, 0.3) is 0 Å². The summed E-state index contributed by atoms with van der Waals surface area (Å²) >= 11 is 0. The Labute approximate surface area is 27.9 Å². The van der Waals surface area contributed by atoms with Crippen LogP contribution in [0.5, 0.6) is 0 Å². The van der Waals surface area contributed by atoms with E-state index in [1.807, 2.05) is 0 Å². The second kappa shape index (κ2) is 0.708. The average Bonchev–Trinajstić information content (AvgIpc) is 1.75. The number of hydrogen-bond acceptors (Lipinski definition) is 0. The lowest BCUT2D eigenvalue weighted by Crippen LogP contribution is -1.09. The fourth-order valence-electron chi connectivity index (χ4n) is 0.0447. The quantitative estimate of drug-likeness (QED) is 0.397. The summed E-state index contributed by atoms with van der Waals surface area (Å²) in [6.45, 7) is 0.352. The molecular formula is C2H4P2. The molecule has 0 saturated heterocycles. The molecule has 0 aromatic rings. The fourth-order valence-corrected chi connectivity index (χ4v) is 1.21. The first-order chi connectivity index (χ1) is 1.89. The first-order valence-corrected chi connectivity index (χ1v) is 4.65. The molecule has 0 aromatic heterocycles. The summed E-state index contributed by atoms with van der Waals surface area (Å²) in [6, 6.07) is 0. The molecule has 1 heterocycles. The molecule has 0 spiro atoms. The van der Waals surface area contributed by atoms with Crippen molar-refractivity contribution in [2.75, 3.05) is 5.90 Å². The van der Waals surface area contributed by atoms with E-state index >= 15 is 0 Å². The smallest absolute Gasteiger partial charge is 0.0350 e. The van der Waals surface area contributed by atoms with Crippen molar-refractivity contribution in [1.82, 2.24) is 0 Å². The molecule has 0 aliphatic carbocycles. The molecule has 4 heavy (non-hydrogen) atoms. The normalized spacial score (nSPS) is 32.5. The summed E-state index contributed by atoms with van der Waals surface area (Å²) in [7, 11) is 1.62. The van der Waals surface area contributed by atoms with Crippen LogP contribution in [0.2, 0.25) is 0 Å². The number of rotatable bonds is 0. The Kier molecular flexibility index (Phi) is 0.476. The Morgan fingerprint density at radius 3 is 2.25 bits per heavy atom. The molecule has 1 rings (SSSR count). The highest BCUT2D eigenvalue weighted by atomic mass is 31.8. The zero-order valence-corrected chi connectivity index (χ0v) is 4.10. The summed E-state index contributed by atoms with van der Waals surface area (Å²) in [5.74, 6) is 1.41. The molecule has 0 N–H and O–H groups in total. The highest BCUT2D eigenvalue weighted by Crippen LogP contribution is 2.43. The summed E-state index contributed by atoms with van der Waals surface area (Å²) in [5.41, 5.74) is 0. The van der Waals surface area contributed by atoms with Gasteiger partial charge in [0.1, 0.15) is 0 Å². The van der Waals surface area contributed by atoms with E-state index in [0.717, 1.165) is 0 Å². The van der Waals surface area contributed by atoms with Crippen molar-refractivity contribution >= 4 is 21.0 Å². The highest BCUT2D eigenvalue weighted by molar-refractivity contribution is 8.09. The summed E-state index contributed by atoms with van der Waals surface area (Å²) < 4.78 is 0. The van der Waals surface area contributed by atoms with E-state index in [1.54, 1.807) is 7.87 Å². The van der Waals surface area contributed by atoms with Gasteiger partial charge in [0.15, 0.2) is 0 Å². The molecule has 0 fully saturated rings. The van der Waals surface area contributed by atoms with Crippen LogP contribution in [0.1, 0.15) is 0 Å². The maximum atomic E-state index is 3.80. The minimum absolute atomic E-state index is 0.352. The Hall–Kier alpha value is 0.470. The highest BCUT2D eigenvalue weighted by Gasteiger charge is 1.86. The van der Waals surface area contributed by atoms with Gasteiger partial charge in [-0.15, -0.1) is 0 Å². The zero-order chi connectivity index (χ0) is 2.99. The van der Waals surface area contributed by atoms with Gasteiger partial charge < -0.3 is 0 Å². The maximum absolute atomic E-state index is 3.80. The van der Waals surface area contributed by atoms with Gasteiger partial charge in [-0.25, -0.2) is 0 Å². The van der Waals surface area contributed by atoms with Crippen molar-refractivity contribution in [3.63, 3.8) is 0 Å². The van der Waals surface area contributed by atoms with Gasteiger partial charge in [-0.3, -0.25) is 0 Å². The van der Waals surface area contributed by atoms with E-state index in [2.05, 4.69) is 6.30 Å². The van der Waals surface area contributed by atoms with Crippen LogP contribution in [0, 0.1) is 0 Å². The second-order valence-corrected chi connectivity index (χ2v) is 5.76. The summed E-state index contributed by atoms with van der Waals surface area (Å²) in [4.78, 5) is 0. The van der Waals surface area contributed by atoms with Gasteiger partial charge >= 0.3 is 0 Å². The van der Waals surface area contributed by atoms with Gasteiger partial charge in [-0.05, 0) is 0 Å². The lowest BCUT2D eigenvalue weighted by atomic mass is 11.9. The van der Waals surface area contributed by atoms with Crippen LogP contribution >= 0.6 is 14.7 Å². The lowest BCUT2D eigenvalue weighted by Gasteiger charge is -1.28. The molecule has 0 bridgehead atoms. The van der Waals surface area contributed by atoms with E-state index in [1.165, 1.54) is 5.90 Å². The van der Waals surface area contributed by atoms with Crippen molar-refractivity contribution in [2.24, 2.45) is 0 Å². The molecular weight excluding hydrogens is 86.0 g/mol. The molecule has 22 valence electrons. The molecule has 0 saturated carbocycles. The molecule has 1 unspecified atom stereocenters. The van der Waals surface area contributed by atoms with Crippen LogP contribution in [-0.4, -0.2) is 12.2 Å². The third-order valence-electron chi connectivity index (χ3n) is 0.341. The topological polar surface area (TPSA) is 0 Å². The van der Waals surface area contributed by atoms with Crippen LogP contribution in [0.4, 0.5) is 0 Å². The SMILES string of the molecule is C=P1=PC1. The largest absolute Gasteiger partial charge is 0.0983 e. The standard InChI is InChI=1S/C2H4P2/c1-4-2-3-4/h1-2H2. The molecule has 0 radical (unpaired) electrons. The lowest BCUT2D eigenvalue weighted by molar-refractivity contribution is 2.37. The Balaban J connectivity index is 3.14. The molecule has 1 aliphatic rings. The fraction of sp³-hybridized carbons (Fsp3) is 0.500. The first kappa shape index (κ1) is 2.69. The third kappa shape index (κ3) is 0.443. The van der Waals surface area contributed by atoms with Crippen molar-refractivity contribution in [1.29, 1.82) is 0 Å². The Morgan fingerprint density at radius 2 is 2.25 bits per heavy atom. The zero-order valence-electron chi connectivity index (χ0n) is 2.31. The van der Waals surface area contributed by atoms with E-state index in [4.69, 9.17) is 0 Å². The van der Waals surface area contributed by atoms with Gasteiger partial charge in [0, 0.05) is 5.90 Å². The monoisotopic (exact) mass is 90.0 g/mol. The number of hydrogen-bond donors (Lipinski definition) is 0. The predicted molar refractivity (Wildman–Crippen MR) is 25.8 cm³/mol. The van der Waals surface area contributed by atoms with Crippen LogP contribution in [-0.2, 0) is 0 Å². The summed E-state index contributed by atoms with van der Waals surface area (Å²) in [5, 5.41) is 0. The first-order valence-electron chi connectivity index (χ1n) is 1.15. The third-order valence-corrected chi connectivity index (χ3v) is 3.07. The van der Waals surface area contributed by atoms with Gasteiger partial charge in [0.2, 0.25) is 0 Å². The molecule has 0 nitrogen and oxygen atoms in total. The van der Waals surface area contributed by atoms with Crippen molar-refractivity contribution < 1.29 is 0 Å². The average molecular weight is 90.0 g/mol. The van der Waals surface area contributed by atoms with E-state index in [-0.39, 0.29) is 0 Å². The Morgan fingerprint density at radius 1 is 2.00 bits per heavy atom. The molecule has 1 atom stereocenters. The minimum Gasteiger partial charge on any atom is -0.0983 e. The van der Waals surface area contributed by atoms with Crippen molar-refractivity contribution in [3.05, 3.63) is 0 Å². The molecule has 1 aliphatic heterocycles. The van der Waals surface area contributed by atoms with E-state index in [0.29, 0.717) is 6.83 Å². The van der Waals surface area contributed by atoms with Crippen molar-refractivity contribution in [2.45, 2.75) is 0 Å². The Bertz CT molecular complexity index is 86.2. The predicted octanol–water partition coefficient (Wildman–Crippen LogP) is 1.73. The molecule has 0 aromatic carbocycles. The van der Waals surface area contributed by atoms with Gasteiger partial charge in [-0.2, -0.15) is 0 Å². The minimum atomic E-state index is 0.352. The van der Waals surface area contributed by atoms with Crippen LogP contribution in [0.3, 0.4) is 0 Å². The maximum Gasteiger partial charge on any atom is 0.0350 e. The van der Waals surface area contributed by atoms with Crippen LogP contribution in [0.15, 0.2) is 0 Å².